The first-order valence-electron chi connectivity index (χ1n) is 8.26. The molecule has 26 heavy (non-hydrogen) atoms. The van der Waals surface area contributed by atoms with Crippen LogP contribution in [0, 0.1) is 5.82 Å². The number of aromatic nitrogens is 1. The maximum atomic E-state index is 13.5. The molecule has 0 saturated heterocycles. The number of amides is 1. The Bertz CT molecular complexity index is 849. The number of hydrogen-bond donors (Lipinski definition) is 0. The fourth-order valence-electron chi connectivity index (χ4n) is 2.60. The van der Waals surface area contributed by atoms with Crippen molar-refractivity contribution < 1.29 is 13.6 Å². The van der Waals surface area contributed by atoms with Gasteiger partial charge in [0.25, 0.3) is 5.91 Å². The molecule has 140 valence electrons. The predicted molar refractivity (Wildman–Crippen MR) is 105 cm³/mol. The minimum atomic E-state index is -0.310. The van der Waals surface area contributed by atoms with Crippen molar-refractivity contribution in [2.75, 3.05) is 31.1 Å². The Hall–Kier alpha value is -1.96. The SMILES string of the molecule is CCN(CC)CCN(C(=O)c1ccco1)c1nc2ccc(F)cc2s1.Cl. The molecule has 2 aromatic heterocycles. The van der Waals surface area contributed by atoms with Gasteiger partial charge in [0, 0.05) is 13.1 Å². The zero-order valence-electron chi connectivity index (χ0n) is 14.6. The lowest BCUT2D eigenvalue weighted by molar-refractivity contribution is 0.0957. The van der Waals surface area contributed by atoms with Gasteiger partial charge in [0.2, 0.25) is 0 Å². The molecule has 0 aliphatic carbocycles. The van der Waals surface area contributed by atoms with Crippen LogP contribution in [0.15, 0.2) is 41.0 Å². The Kier molecular flexibility index (Phi) is 7.14. The van der Waals surface area contributed by atoms with Gasteiger partial charge in [-0.3, -0.25) is 9.69 Å². The van der Waals surface area contributed by atoms with Crippen LogP contribution in [0.1, 0.15) is 24.4 Å². The number of likely N-dealkylation sites (N-methyl/N-ethyl adjacent to an activating group) is 1. The van der Waals surface area contributed by atoms with E-state index < -0.39 is 0 Å². The van der Waals surface area contributed by atoms with Crippen molar-refractivity contribution in [3.63, 3.8) is 0 Å². The molecule has 0 atom stereocenters. The molecule has 0 spiro atoms. The van der Waals surface area contributed by atoms with Gasteiger partial charge < -0.3 is 9.32 Å². The van der Waals surface area contributed by atoms with Gasteiger partial charge in [-0.25, -0.2) is 9.37 Å². The molecular weight excluding hydrogens is 377 g/mol. The van der Waals surface area contributed by atoms with Crippen LogP contribution in [0.4, 0.5) is 9.52 Å². The summed E-state index contributed by atoms with van der Waals surface area (Å²) in [5.41, 5.74) is 0.682. The van der Waals surface area contributed by atoms with Crippen LogP contribution >= 0.6 is 23.7 Å². The van der Waals surface area contributed by atoms with E-state index in [-0.39, 0.29) is 29.9 Å². The van der Waals surface area contributed by atoms with Gasteiger partial charge in [-0.05, 0) is 43.4 Å². The zero-order valence-corrected chi connectivity index (χ0v) is 16.3. The molecule has 0 bridgehead atoms. The molecule has 0 unspecified atom stereocenters. The third-order valence-electron chi connectivity index (χ3n) is 4.08. The minimum absolute atomic E-state index is 0. The molecule has 0 fully saturated rings. The van der Waals surface area contributed by atoms with Crippen LogP contribution in [0.25, 0.3) is 10.2 Å². The van der Waals surface area contributed by atoms with Crippen molar-refractivity contribution in [2.24, 2.45) is 0 Å². The largest absolute Gasteiger partial charge is 0.459 e. The first-order chi connectivity index (χ1) is 12.1. The molecule has 0 aliphatic rings. The van der Waals surface area contributed by atoms with E-state index >= 15 is 0 Å². The van der Waals surface area contributed by atoms with Crippen LogP contribution in [0.5, 0.6) is 0 Å². The van der Waals surface area contributed by atoms with E-state index in [1.165, 1.54) is 29.7 Å². The third-order valence-corrected chi connectivity index (χ3v) is 5.12. The van der Waals surface area contributed by atoms with E-state index in [2.05, 4.69) is 23.7 Å². The maximum absolute atomic E-state index is 13.5. The number of fused-ring (bicyclic) bond motifs is 1. The van der Waals surface area contributed by atoms with Crippen molar-refractivity contribution >= 4 is 45.0 Å². The molecule has 1 aromatic carbocycles. The monoisotopic (exact) mass is 397 g/mol. The molecule has 3 aromatic rings. The average Bonchev–Trinajstić information content (AvgIpc) is 3.27. The van der Waals surface area contributed by atoms with Crippen molar-refractivity contribution in [1.29, 1.82) is 0 Å². The van der Waals surface area contributed by atoms with Gasteiger partial charge in [-0.1, -0.05) is 25.2 Å². The summed E-state index contributed by atoms with van der Waals surface area (Å²) in [4.78, 5) is 21.2. The molecule has 1 amide bonds. The number of carbonyl (C=O) groups excluding carboxylic acids is 1. The number of nitrogens with zero attached hydrogens (tertiary/aromatic N) is 3. The van der Waals surface area contributed by atoms with E-state index in [0.717, 1.165) is 24.3 Å². The maximum Gasteiger partial charge on any atom is 0.295 e. The van der Waals surface area contributed by atoms with E-state index in [0.29, 0.717) is 17.2 Å². The lowest BCUT2D eigenvalue weighted by atomic mass is 10.3. The van der Waals surface area contributed by atoms with Crippen molar-refractivity contribution in [1.82, 2.24) is 9.88 Å². The van der Waals surface area contributed by atoms with Crippen LogP contribution in [0.3, 0.4) is 0 Å². The number of anilines is 1. The van der Waals surface area contributed by atoms with Crippen LogP contribution < -0.4 is 4.90 Å². The predicted octanol–water partition coefficient (Wildman–Crippen LogP) is 4.44. The zero-order chi connectivity index (χ0) is 17.8. The van der Waals surface area contributed by atoms with Crippen LogP contribution in [-0.2, 0) is 0 Å². The van der Waals surface area contributed by atoms with E-state index in [9.17, 15) is 9.18 Å². The van der Waals surface area contributed by atoms with E-state index in [4.69, 9.17) is 4.42 Å². The summed E-state index contributed by atoms with van der Waals surface area (Å²) in [5, 5.41) is 0.550. The number of furan rings is 1. The van der Waals surface area contributed by atoms with Crippen molar-refractivity contribution in [3.05, 3.63) is 48.2 Å². The molecule has 0 saturated carbocycles. The summed E-state index contributed by atoms with van der Waals surface area (Å²) < 4.78 is 19.4. The van der Waals surface area contributed by atoms with Gasteiger partial charge in [0.05, 0.1) is 16.5 Å². The number of rotatable bonds is 7. The lowest BCUT2D eigenvalue weighted by Crippen LogP contribution is -2.38. The normalized spacial score (nSPS) is 10.9. The van der Waals surface area contributed by atoms with Crippen LogP contribution in [-0.4, -0.2) is 42.0 Å². The first-order valence-corrected chi connectivity index (χ1v) is 9.07. The fraction of sp³-hybridized carbons (Fsp3) is 0.333. The summed E-state index contributed by atoms with van der Waals surface area (Å²) in [7, 11) is 0. The third kappa shape index (κ3) is 4.41. The molecule has 0 radical (unpaired) electrons. The Morgan fingerprint density at radius 3 is 2.65 bits per heavy atom. The standard InChI is InChI=1S/C18H20FN3O2S.ClH/c1-3-21(4-2)9-10-22(17(23)15-6-5-11-24-15)18-20-14-8-7-13(19)12-16(14)25-18;/h5-8,11-12H,3-4,9-10H2,1-2H3;1H. The molecule has 5 nitrogen and oxygen atoms in total. The van der Waals surface area contributed by atoms with Gasteiger partial charge in [-0.2, -0.15) is 0 Å². The summed E-state index contributed by atoms with van der Waals surface area (Å²) in [6.07, 6.45) is 1.48. The minimum Gasteiger partial charge on any atom is -0.459 e. The highest BCUT2D eigenvalue weighted by Crippen LogP contribution is 2.30. The number of hydrogen-bond acceptors (Lipinski definition) is 5. The Labute approximate surface area is 161 Å². The average molecular weight is 398 g/mol. The molecule has 3 rings (SSSR count). The highest BCUT2D eigenvalue weighted by Gasteiger charge is 2.23. The molecule has 0 aliphatic heterocycles. The Morgan fingerprint density at radius 2 is 2.00 bits per heavy atom. The highest BCUT2D eigenvalue weighted by atomic mass is 35.5. The van der Waals surface area contributed by atoms with Crippen molar-refractivity contribution in [3.8, 4) is 0 Å². The molecule has 2 heterocycles. The summed E-state index contributed by atoms with van der Waals surface area (Å²) in [6, 6.07) is 7.77. The number of thiazole rings is 1. The van der Waals surface area contributed by atoms with Gasteiger partial charge in [-0.15, -0.1) is 12.4 Å². The number of carbonyl (C=O) groups is 1. The Morgan fingerprint density at radius 1 is 1.23 bits per heavy atom. The van der Waals surface area contributed by atoms with Crippen molar-refractivity contribution in [2.45, 2.75) is 13.8 Å². The Balaban J connectivity index is 0.00000243. The summed E-state index contributed by atoms with van der Waals surface area (Å²) in [5.74, 6) is -0.281. The second-order valence-corrected chi connectivity index (χ2v) is 6.58. The van der Waals surface area contributed by atoms with Gasteiger partial charge in [0.1, 0.15) is 5.82 Å². The second kappa shape index (κ2) is 9.12. The molecule has 8 heteroatoms. The second-order valence-electron chi connectivity index (χ2n) is 5.57. The molecular formula is C18H21ClFN3O2S. The summed E-state index contributed by atoms with van der Waals surface area (Å²) in [6.45, 7) is 7.20. The van der Waals surface area contributed by atoms with E-state index in [1.54, 1.807) is 23.1 Å². The van der Waals surface area contributed by atoms with Crippen LogP contribution in [0.2, 0.25) is 0 Å². The summed E-state index contributed by atoms with van der Waals surface area (Å²) >= 11 is 1.31. The van der Waals surface area contributed by atoms with E-state index in [1.807, 2.05) is 0 Å². The van der Waals surface area contributed by atoms with Gasteiger partial charge in [0.15, 0.2) is 10.9 Å². The highest BCUT2D eigenvalue weighted by molar-refractivity contribution is 7.22. The van der Waals surface area contributed by atoms with Gasteiger partial charge >= 0.3 is 0 Å². The fourth-order valence-corrected chi connectivity index (χ4v) is 3.62. The number of halogens is 2. The topological polar surface area (TPSA) is 49.6 Å². The quantitative estimate of drug-likeness (QED) is 0.591. The smallest absolute Gasteiger partial charge is 0.295 e. The lowest BCUT2D eigenvalue weighted by Gasteiger charge is -2.24. The molecule has 0 N–H and O–H groups in total. The first kappa shape index (κ1) is 20.4. The number of benzene rings is 1.